The van der Waals surface area contributed by atoms with Crippen LogP contribution in [0, 0.1) is 6.20 Å². The SMILES string of the molecule is O=C(O)c1ccn[c]c1C1CCCCC1. The summed E-state index contributed by atoms with van der Waals surface area (Å²) in [7, 11) is 0. The first-order valence-electron chi connectivity index (χ1n) is 5.39. The van der Waals surface area contributed by atoms with Crippen LogP contribution in [0.1, 0.15) is 53.9 Å². The molecule has 1 saturated carbocycles. The maximum Gasteiger partial charge on any atom is 0.336 e. The van der Waals surface area contributed by atoms with Gasteiger partial charge in [-0.1, -0.05) is 19.3 Å². The molecule has 0 aromatic carbocycles. The zero-order chi connectivity index (χ0) is 10.7. The van der Waals surface area contributed by atoms with Crippen LogP contribution in [0.3, 0.4) is 0 Å². The van der Waals surface area contributed by atoms with Crippen LogP contribution in [-0.4, -0.2) is 16.1 Å². The quantitative estimate of drug-likeness (QED) is 0.805. The molecular weight excluding hydrogens is 190 g/mol. The summed E-state index contributed by atoms with van der Waals surface area (Å²) in [5, 5.41) is 9.05. The summed E-state index contributed by atoms with van der Waals surface area (Å²) >= 11 is 0. The normalized spacial score (nSPS) is 17.6. The minimum absolute atomic E-state index is 0.346. The first kappa shape index (κ1) is 10.1. The highest BCUT2D eigenvalue weighted by molar-refractivity contribution is 5.89. The molecule has 1 fully saturated rings. The first-order valence-corrected chi connectivity index (χ1v) is 5.39. The monoisotopic (exact) mass is 204 g/mol. The van der Waals surface area contributed by atoms with Gasteiger partial charge in [-0.25, -0.2) is 4.79 Å². The molecule has 1 aromatic rings. The van der Waals surface area contributed by atoms with Crippen molar-refractivity contribution < 1.29 is 9.90 Å². The molecule has 1 radical (unpaired) electrons. The van der Waals surface area contributed by atoms with Gasteiger partial charge in [-0.2, -0.15) is 0 Å². The van der Waals surface area contributed by atoms with Crippen molar-refractivity contribution in [2.75, 3.05) is 0 Å². The van der Waals surface area contributed by atoms with E-state index in [-0.39, 0.29) is 0 Å². The highest BCUT2D eigenvalue weighted by atomic mass is 16.4. The smallest absolute Gasteiger partial charge is 0.336 e. The Kier molecular flexibility index (Phi) is 2.99. The van der Waals surface area contributed by atoms with Crippen LogP contribution < -0.4 is 0 Å². The second kappa shape index (κ2) is 4.43. The molecule has 0 amide bonds. The molecule has 1 heterocycles. The number of rotatable bonds is 2. The summed E-state index contributed by atoms with van der Waals surface area (Å²) in [4.78, 5) is 14.9. The van der Waals surface area contributed by atoms with Gasteiger partial charge in [0, 0.05) is 6.20 Å². The Morgan fingerprint density at radius 3 is 2.80 bits per heavy atom. The van der Waals surface area contributed by atoms with E-state index in [0.717, 1.165) is 18.4 Å². The Bertz CT molecular complexity index is 356. The van der Waals surface area contributed by atoms with Gasteiger partial charge in [0.1, 0.15) is 0 Å². The van der Waals surface area contributed by atoms with E-state index in [9.17, 15) is 4.79 Å². The summed E-state index contributed by atoms with van der Waals surface area (Å²) in [6, 6.07) is 1.57. The predicted octanol–water partition coefficient (Wildman–Crippen LogP) is 2.63. The van der Waals surface area contributed by atoms with Gasteiger partial charge in [0.2, 0.25) is 0 Å². The van der Waals surface area contributed by atoms with E-state index < -0.39 is 5.97 Å². The molecule has 0 unspecified atom stereocenters. The number of carbonyl (C=O) groups is 1. The summed E-state index contributed by atoms with van der Waals surface area (Å²) in [6.45, 7) is 0. The Morgan fingerprint density at radius 1 is 1.40 bits per heavy atom. The minimum atomic E-state index is -0.866. The standard InChI is InChI=1S/C12H14NO2/c14-12(15)10-6-7-13-8-11(10)9-4-2-1-3-5-9/h6-7,9H,1-5H2,(H,14,15). The van der Waals surface area contributed by atoms with Crippen molar-refractivity contribution in [3.63, 3.8) is 0 Å². The van der Waals surface area contributed by atoms with E-state index in [0.29, 0.717) is 11.5 Å². The van der Waals surface area contributed by atoms with Crippen molar-refractivity contribution in [1.82, 2.24) is 4.98 Å². The van der Waals surface area contributed by atoms with Crippen LogP contribution in [0.5, 0.6) is 0 Å². The third-order valence-corrected chi connectivity index (χ3v) is 3.03. The molecule has 79 valence electrons. The van der Waals surface area contributed by atoms with Crippen LogP contribution in [0.2, 0.25) is 0 Å². The number of nitrogens with zero attached hydrogens (tertiary/aromatic N) is 1. The van der Waals surface area contributed by atoms with Crippen molar-refractivity contribution in [1.29, 1.82) is 0 Å². The van der Waals surface area contributed by atoms with Gasteiger partial charge in [-0.05, 0) is 30.4 Å². The van der Waals surface area contributed by atoms with Crippen molar-refractivity contribution in [3.05, 3.63) is 29.6 Å². The van der Waals surface area contributed by atoms with Gasteiger partial charge in [0.15, 0.2) is 0 Å². The molecule has 1 aliphatic rings. The maximum absolute atomic E-state index is 11.0. The second-order valence-corrected chi connectivity index (χ2v) is 4.02. The minimum Gasteiger partial charge on any atom is -0.478 e. The lowest BCUT2D eigenvalue weighted by Gasteiger charge is -2.22. The molecule has 1 aliphatic carbocycles. The van der Waals surface area contributed by atoms with E-state index in [1.807, 2.05) is 0 Å². The van der Waals surface area contributed by atoms with E-state index in [2.05, 4.69) is 11.2 Å². The zero-order valence-electron chi connectivity index (χ0n) is 8.57. The van der Waals surface area contributed by atoms with Gasteiger partial charge in [0.25, 0.3) is 0 Å². The maximum atomic E-state index is 11.0. The van der Waals surface area contributed by atoms with Gasteiger partial charge >= 0.3 is 5.97 Å². The van der Waals surface area contributed by atoms with E-state index in [1.165, 1.54) is 25.5 Å². The van der Waals surface area contributed by atoms with E-state index >= 15 is 0 Å². The topological polar surface area (TPSA) is 50.2 Å². The van der Waals surface area contributed by atoms with Crippen molar-refractivity contribution in [2.24, 2.45) is 0 Å². The Hall–Kier alpha value is -1.38. The number of aromatic carboxylic acids is 1. The zero-order valence-corrected chi connectivity index (χ0v) is 8.57. The number of hydrogen-bond acceptors (Lipinski definition) is 2. The third-order valence-electron chi connectivity index (χ3n) is 3.03. The summed E-state index contributed by atoms with van der Waals surface area (Å²) in [6.07, 6.45) is 10.1. The fourth-order valence-electron chi connectivity index (χ4n) is 2.26. The fourth-order valence-corrected chi connectivity index (χ4v) is 2.26. The Morgan fingerprint density at radius 2 is 2.13 bits per heavy atom. The van der Waals surface area contributed by atoms with Crippen LogP contribution in [0.4, 0.5) is 0 Å². The molecule has 1 N–H and O–H groups in total. The highest BCUT2D eigenvalue weighted by Gasteiger charge is 2.21. The average Bonchev–Trinajstić information content (AvgIpc) is 2.30. The van der Waals surface area contributed by atoms with Crippen molar-refractivity contribution >= 4 is 5.97 Å². The average molecular weight is 204 g/mol. The second-order valence-electron chi connectivity index (χ2n) is 4.02. The first-order chi connectivity index (χ1) is 7.29. The molecule has 0 saturated heterocycles. The number of carboxylic acid groups (broad SMARTS) is 1. The van der Waals surface area contributed by atoms with Crippen molar-refractivity contribution in [3.8, 4) is 0 Å². The summed E-state index contributed by atoms with van der Waals surface area (Å²) in [5.74, 6) is -0.521. The largest absolute Gasteiger partial charge is 0.478 e. The molecule has 2 rings (SSSR count). The molecule has 0 atom stereocenters. The summed E-state index contributed by atoms with van der Waals surface area (Å²) in [5.41, 5.74) is 1.17. The molecule has 1 aromatic heterocycles. The molecule has 0 bridgehead atoms. The van der Waals surface area contributed by atoms with Crippen molar-refractivity contribution in [2.45, 2.75) is 38.0 Å². The molecule has 3 nitrogen and oxygen atoms in total. The van der Waals surface area contributed by atoms with Crippen LogP contribution >= 0.6 is 0 Å². The molecule has 0 aliphatic heterocycles. The Balaban J connectivity index is 2.29. The van der Waals surface area contributed by atoms with Gasteiger partial charge in [-0.15, -0.1) is 0 Å². The number of hydrogen-bond donors (Lipinski definition) is 1. The molecule has 15 heavy (non-hydrogen) atoms. The number of pyridine rings is 1. The van der Waals surface area contributed by atoms with Crippen LogP contribution in [0.15, 0.2) is 12.3 Å². The van der Waals surface area contributed by atoms with Crippen LogP contribution in [-0.2, 0) is 0 Å². The summed E-state index contributed by atoms with van der Waals surface area (Å²) < 4.78 is 0. The van der Waals surface area contributed by atoms with E-state index in [4.69, 9.17) is 5.11 Å². The van der Waals surface area contributed by atoms with Gasteiger partial charge < -0.3 is 5.11 Å². The lowest BCUT2D eigenvalue weighted by Crippen LogP contribution is -2.11. The lowest BCUT2D eigenvalue weighted by atomic mass is 9.83. The fraction of sp³-hybridized carbons (Fsp3) is 0.500. The molecule has 0 spiro atoms. The third kappa shape index (κ3) is 2.17. The van der Waals surface area contributed by atoms with Crippen LogP contribution in [0.25, 0.3) is 0 Å². The molecular formula is C12H14NO2. The Labute approximate surface area is 89.2 Å². The number of carboxylic acids is 1. The molecule has 3 heteroatoms. The van der Waals surface area contributed by atoms with Gasteiger partial charge in [-0.3, -0.25) is 4.98 Å². The number of aromatic nitrogens is 1. The van der Waals surface area contributed by atoms with Gasteiger partial charge in [0.05, 0.1) is 11.8 Å². The predicted molar refractivity (Wildman–Crippen MR) is 55.9 cm³/mol. The van der Waals surface area contributed by atoms with E-state index in [1.54, 1.807) is 6.07 Å². The highest BCUT2D eigenvalue weighted by Crippen LogP contribution is 2.33. The lowest BCUT2D eigenvalue weighted by molar-refractivity contribution is 0.0694.